The Labute approximate surface area is 105 Å². The molecule has 0 aliphatic heterocycles. The zero-order chi connectivity index (χ0) is 11.5. The van der Waals surface area contributed by atoms with Crippen LogP contribution in [0.5, 0.6) is 0 Å². The number of rotatable bonds is 3. The summed E-state index contributed by atoms with van der Waals surface area (Å²) in [6.45, 7) is 5.38. The van der Waals surface area contributed by atoms with Crippen molar-refractivity contribution in [3.8, 4) is 0 Å². The predicted molar refractivity (Wildman–Crippen MR) is 71.8 cm³/mol. The molecule has 1 nitrogen and oxygen atoms in total. The molecule has 0 unspecified atom stereocenters. The van der Waals surface area contributed by atoms with Crippen molar-refractivity contribution in [3.05, 3.63) is 57.8 Å². The minimum atomic E-state index is 1.06. The Bertz CT molecular complexity index is 466. The third kappa shape index (κ3) is 2.56. The molecule has 0 aliphatic rings. The fraction of sp³-hybridized carbons (Fsp3) is 0.286. The van der Waals surface area contributed by atoms with Crippen LogP contribution >= 0.6 is 15.9 Å². The Morgan fingerprint density at radius 2 is 1.75 bits per heavy atom. The molecule has 1 heterocycles. The molecule has 0 aliphatic carbocycles. The molecular weight excluding hydrogens is 262 g/mol. The highest BCUT2D eigenvalue weighted by molar-refractivity contribution is 9.10. The van der Waals surface area contributed by atoms with Gasteiger partial charge < -0.3 is 4.57 Å². The summed E-state index contributed by atoms with van der Waals surface area (Å²) in [5.41, 5.74) is 4.06. The lowest BCUT2D eigenvalue weighted by molar-refractivity contribution is 0.663. The maximum absolute atomic E-state index is 3.50. The van der Waals surface area contributed by atoms with Gasteiger partial charge in [-0.25, -0.2) is 0 Å². The molecule has 0 N–H and O–H groups in total. The molecule has 0 radical (unpaired) electrons. The van der Waals surface area contributed by atoms with Crippen molar-refractivity contribution in [2.24, 2.45) is 0 Å². The summed E-state index contributed by atoms with van der Waals surface area (Å²) >= 11 is 3.50. The Morgan fingerprint density at radius 1 is 1.06 bits per heavy atom. The van der Waals surface area contributed by atoms with Crippen LogP contribution in [0, 0.1) is 13.8 Å². The number of benzene rings is 1. The minimum absolute atomic E-state index is 1.06. The lowest BCUT2D eigenvalue weighted by Crippen LogP contribution is -2.04. The summed E-state index contributed by atoms with van der Waals surface area (Å²) in [5.74, 6) is 0. The second-order valence-electron chi connectivity index (χ2n) is 4.15. The molecule has 0 fully saturated rings. The molecule has 0 bridgehead atoms. The third-order valence-corrected chi connectivity index (χ3v) is 3.42. The van der Waals surface area contributed by atoms with Crippen molar-refractivity contribution in [1.29, 1.82) is 0 Å². The van der Waals surface area contributed by atoms with Gasteiger partial charge in [-0.1, -0.05) is 28.1 Å². The van der Waals surface area contributed by atoms with Crippen LogP contribution in [0.1, 0.15) is 17.0 Å². The first-order valence-corrected chi connectivity index (χ1v) is 6.33. The Morgan fingerprint density at radius 3 is 2.38 bits per heavy atom. The second-order valence-corrected chi connectivity index (χ2v) is 5.06. The minimum Gasteiger partial charge on any atom is -0.349 e. The van der Waals surface area contributed by atoms with E-state index in [0.29, 0.717) is 0 Å². The summed E-state index contributed by atoms with van der Waals surface area (Å²) in [6, 6.07) is 12.9. The van der Waals surface area contributed by atoms with E-state index >= 15 is 0 Å². The van der Waals surface area contributed by atoms with Crippen LogP contribution in [0.3, 0.4) is 0 Å². The van der Waals surface area contributed by atoms with Gasteiger partial charge in [-0.3, -0.25) is 0 Å². The largest absolute Gasteiger partial charge is 0.349 e. The summed E-state index contributed by atoms with van der Waals surface area (Å²) in [4.78, 5) is 0. The van der Waals surface area contributed by atoms with E-state index in [4.69, 9.17) is 0 Å². The van der Waals surface area contributed by atoms with Crippen molar-refractivity contribution < 1.29 is 0 Å². The Kier molecular flexibility index (Phi) is 3.49. The molecule has 1 aromatic carbocycles. The molecule has 0 atom stereocenters. The topological polar surface area (TPSA) is 4.93 Å². The number of halogens is 1. The van der Waals surface area contributed by atoms with Gasteiger partial charge in [-0.2, -0.15) is 0 Å². The standard InChI is InChI=1S/C14H16BrN/c1-11-6-7-12(2)16(11)9-8-13-4-3-5-14(15)10-13/h3-7,10H,8-9H2,1-2H3. The lowest BCUT2D eigenvalue weighted by atomic mass is 10.1. The molecule has 0 saturated heterocycles. The Hall–Kier alpha value is -1.02. The van der Waals surface area contributed by atoms with E-state index in [1.165, 1.54) is 17.0 Å². The molecule has 84 valence electrons. The smallest absolute Gasteiger partial charge is 0.0265 e. The van der Waals surface area contributed by atoms with Gasteiger partial charge in [0.15, 0.2) is 0 Å². The van der Waals surface area contributed by atoms with Crippen molar-refractivity contribution in [2.75, 3.05) is 0 Å². The highest BCUT2D eigenvalue weighted by Gasteiger charge is 2.01. The van der Waals surface area contributed by atoms with Gasteiger partial charge in [-0.05, 0) is 50.1 Å². The highest BCUT2D eigenvalue weighted by Crippen LogP contribution is 2.14. The molecule has 2 rings (SSSR count). The van der Waals surface area contributed by atoms with Gasteiger partial charge >= 0.3 is 0 Å². The molecule has 0 spiro atoms. The molecule has 0 amide bonds. The fourth-order valence-corrected chi connectivity index (χ4v) is 2.43. The van der Waals surface area contributed by atoms with Gasteiger partial charge in [-0.15, -0.1) is 0 Å². The number of hydrogen-bond donors (Lipinski definition) is 0. The summed E-state index contributed by atoms with van der Waals surface area (Å²) in [6.07, 6.45) is 1.08. The molecule has 2 aromatic rings. The van der Waals surface area contributed by atoms with Crippen LogP contribution in [-0.2, 0) is 13.0 Å². The van der Waals surface area contributed by atoms with Crippen molar-refractivity contribution in [3.63, 3.8) is 0 Å². The maximum atomic E-state index is 3.50. The second kappa shape index (κ2) is 4.88. The van der Waals surface area contributed by atoms with Gasteiger partial charge in [0, 0.05) is 22.4 Å². The average molecular weight is 278 g/mol. The quantitative estimate of drug-likeness (QED) is 0.796. The van der Waals surface area contributed by atoms with Gasteiger partial charge in [0.2, 0.25) is 0 Å². The average Bonchev–Trinajstić information content (AvgIpc) is 2.56. The van der Waals surface area contributed by atoms with Gasteiger partial charge in [0.1, 0.15) is 0 Å². The van der Waals surface area contributed by atoms with Crippen molar-refractivity contribution in [2.45, 2.75) is 26.8 Å². The monoisotopic (exact) mass is 277 g/mol. The van der Waals surface area contributed by atoms with E-state index in [2.05, 4.69) is 70.7 Å². The van der Waals surface area contributed by atoms with Crippen LogP contribution in [0.2, 0.25) is 0 Å². The van der Waals surface area contributed by atoms with Gasteiger partial charge in [0.25, 0.3) is 0 Å². The van der Waals surface area contributed by atoms with Crippen molar-refractivity contribution in [1.82, 2.24) is 4.57 Å². The highest BCUT2D eigenvalue weighted by atomic mass is 79.9. The van der Waals surface area contributed by atoms with Crippen LogP contribution in [0.4, 0.5) is 0 Å². The predicted octanol–water partition coefficient (Wildman–Crippen LogP) is 4.11. The van der Waals surface area contributed by atoms with Crippen LogP contribution in [0.25, 0.3) is 0 Å². The summed E-state index contributed by atoms with van der Waals surface area (Å²) in [5, 5.41) is 0. The number of aryl methyl sites for hydroxylation is 3. The van der Waals surface area contributed by atoms with E-state index in [1.807, 2.05) is 0 Å². The van der Waals surface area contributed by atoms with Gasteiger partial charge in [0.05, 0.1) is 0 Å². The normalized spacial score (nSPS) is 10.7. The molecule has 0 saturated carbocycles. The lowest BCUT2D eigenvalue weighted by Gasteiger charge is -2.09. The summed E-state index contributed by atoms with van der Waals surface area (Å²) < 4.78 is 3.52. The summed E-state index contributed by atoms with van der Waals surface area (Å²) in [7, 11) is 0. The zero-order valence-electron chi connectivity index (χ0n) is 9.70. The van der Waals surface area contributed by atoms with E-state index in [0.717, 1.165) is 17.4 Å². The molecule has 16 heavy (non-hydrogen) atoms. The van der Waals surface area contributed by atoms with Crippen LogP contribution in [0.15, 0.2) is 40.9 Å². The van der Waals surface area contributed by atoms with E-state index in [1.54, 1.807) is 0 Å². The first-order valence-electron chi connectivity index (χ1n) is 5.54. The molecule has 2 heteroatoms. The van der Waals surface area contributed by atoms with E-state index < -0.39 is 0 Å². The van der Waals surface area contributed by atoms with Crippen LogP contribution < -0.4 is 0 Å². The number of nitrogens with zero attached hydrogens (tertiary/aromatic N) is 1. The zero-order valence-corrected chi connectivity index (χ0v) is 11.3. The first kappa shape index (κ1) is 11.5. The van der Waals surface area contributed by atoms with Crippen LogP contribution in [-0.4, -0.2) is 4.57 Å². The van der Waals surface area contributed by atoms with E-state index in [-0.39, 0.29) is 0 Å². The molecular formula is C14H16BrN. The number of aromatic nitrogens is 1. The fourth-order valence-electron chi connectivity index (χ4n) is 1.99. The SMILES string of the molecule is Cc1ccc(C)n1CCc1cccc(Br)c1. The van der Waals surface area contributed by atoms with Crippen molar-refractivity contribution >= 4 is 15.9 Å². The van der Waals surface area contributed by atoms with E-state index in [9.17, 15) is 0 Å². The first-order chi connectivity index (χ1) is 7.66. The molecule has 1 aromatic heterocycles. The number of hydrogen-bond acceptors (Lipinski definition) is 0. The maximum Gasteiger partial charge on any atom is 0.0265 e. The Balaban J connectivity index is 2.08. The third-order valence-electron chi connectivity index (χ3n) is 2.93.